The summed E-state index contributed by atoms with van der Waals surface area (Å²) in [6.45, 7) is 1.30. The second-order valence-corrected chi connectivity index (χ2v) is 7.74. The van der Waals surface area contributed by atoms with Gasteiger partial charge in [-0.3, -0.25) is 19.7 Å². The Morgan fingerprint density at radius 3 is 2.42 bits per heavy atom. The molecule has 0 atom stereocenters. The highest BCUT2D eigenvalue weighted by Crippen LogP contribution is 2.34. The summed E-state index contributed by atoms with van der Waals surface area (Å²) < 4.78 is 12.4. The van der Waals surface area contributed by atoms with Crippen molar-refractivity contribution in [2.75, 3.05) is 32.6 Å². The van der Waals surface area contributed by atoms with Crippen LogP contribution in [0.15, 0.2) is 42.6 Å². The number of ether oxygens (including phenoxy) is 2. The highest BCUT2D eigenvalue weighted by atomic mass is 16.6. The fourth-order valence-corrected chi connectivity index (χ4v) is 4.03. The van der Waals surface area contributed by atoms with Crippen LogP contribution in [0.3, 0.4) is 0 Å². The summed E-state index contributed by atoms with van der Waals surface area (Å²) in [5, 5.41) is 14.5. The molecule has 0 bridgehead atoms. The molecule has 10 nitrogen and oxygen atoms in total. The molecule has 0 radical (unpaired) electrons. The fraction of sp³-hybridized carbons (Fsp3) is 0.304. The van der Waals surface area contributed by atoms with Crippen LogP contribution >= 0.6 is 0 Å². The van der Waals surface area contributed by atoms with Crippen LogP contribution in [0.2, 0.25) is 0 Å². The van der Waals surface area contributed by atoms with Crippen molar-refractivity contribution in [3.05, 3.63) is 58.3 Å². The van der Waals surface area contributed by atoms with Gasteiger partial charge < -0.3 is 24.3 Å². The van der Waals surface area contributed by atoms with Gasteiger partial charge in [0.25, 0.3) is 11.6 Å². The summed E-state index contributed by atoms with van der Waals surface area (Å²) in [5.41, 5.74) is 1.34. The maximum Gasteiger partial charge on any atom is 0.270 e. The largest absolute Gasteiger partial charge is 0.493 e. The van der Waals surface area contributed by atoms with Gasteiger partial charge in [-0.15, -0.1) is 0 Å². The zero-order valence-electron chi connectivity index (χ0n) is 18.4. The van der Waals surface area contributed by atoms with Gasteiger partial charge in [-0.05, 0) is 31.0 Å². The molecule has 172 valence electrons. The van der Waals surface area contributed by atoms with Gasteiger partial charge in [-0.25, -0.2) is 0 Å². The number of carbonyl (C=O) groups excluding carboxylic acids is 2. The van der Waals surface area contributed by atoms with Gasteiger partial charge >= 0.3 is 0 Å². The number of methoxy groups -OCH3 is 2. The molecule has 0 spiro atoms. The molecule has 2 amide bonds. The average molecular weight is 452 g/mol. The summed E-state index contributed by atoms with van der Waals surface area (Å²) in [5.74, 6) is 0.261. The molecule has 1 aliphatic heterocycles. The van der Waals surface area contributed by atoms with Crippen LogP contribution in [-0.4, -0.2) is 53.5 Å². The van der Waals surface area contributed by atoms with Crippen LogP contribution in [0.5, 0.6) is 11.5 Å². The summed E-state index contributed by atoms with van der Waals surface area (Å²) in [6.07, 6.45) is 3.58. The van der Waals surface area contributed by atoms with Crippen molar-refractivity contribution in [2.24, 2.45) is 0 Å². The van der Waals surface area contributed by atoms with E-state index in [2.05, 4.69) is 5.32 Å². The molecule has 0 unspecified atom stereocenters. The van der Waals surface area contributed by atoms with E-state index in [1.807, 2.05) is 0 Å². The third-order valence-corrected chi connectivity index (χ3v) is 5.70. The Morgan fingerprint density at radius 1 is 1.06 bits per heavy atom. The van der Waals surface area contributed by atoms with E-state index in [1.165, 1.54) is 26.4 Å². The second-order valence-electron chi connectivity index (χ2n) is 7.74. The first kappa shape index (κ1) is 22.1. The lowest BCUT2D eigenvalue weighted by atomic mass is 10.1. The topological polar surface area (TPSA) is 116 Å². The van der Waals surface area contributed by atoms with Gasteiger partial charge in [-0.1, -0.05) is 0 Å². The highest BCUT2D eigenvalue weighted by molar-refractivity contribution is 6.05. The first-order valence-corrected chi connectivity index (χ1v) is 10.5. The number of carbonyl (C=O) groups is 2. The minimum atomic E-state index is -0.459. The number of anilines is 1. The lowest BCUT2D eigenvalue weighted by Gasteiger charge is -2.20. The van der Waals surface area contributed by atoms with Crippen molar-refractivity contribution in [2.45, 2.75) is 19.4 Å². The van der Waals surface area contributed by atoms with E-state index >= 15 is 0 Å². The van der Waals surface area contributed by atoms with Crippen LogP contribution in [0.1, 0.15) is 23.2 Å². The second kappa shape index (κ2) is 9.19. The number of nitrogens with zero attached hydrogens (tertiary/aromatic N) is 3. The minimum Gasteiger partial charge on any atom is -0.493 e. The Labute approximate surface area is 189 Å². The standard InChI is InChI=1S/C23H24N4O6/c1-32-20-12-17(23(29)25-8-3-4-9-25)18(13-21(20)33-2)24-22(28)14-26-10-7-15-11-16(27(30)31)5-6-19(15)26/h5-7,10-13H,3-4,8-9,14H2,1-2H3,(H,24,28). The number of nitro groups is 1. The molecule has 1 fully saturated rings. The van der Waals surface area contributed by atoms with Crippen molar-refractivity contribution in [3.63, 3.8) is 0 Å². The molecule has 10 heteroatoms. The molecule has 33 heavy (non-hydrogen) atoms. The lowest BCUT2D eigenvalue weighted by Crippen LogP contribution is -2.29. The average Bonchev–Trinajstić information content (AvgIpc) is 3.48. The lowest BCUT2D eigenvalue weighted by molar-refractivity contribution is -0.384. The first-order chi connectivity index (χ1) is 15.9. The number of nitrogens with one attached hydrogen (secondary N) is 1. The van der Waals surface area contributed by atoms with Gasteiger partial charge in [0, 0.05) is 48.4 Å². The maximum absolute atomic E-state index is 13.1. The van der Waals surface area contributed by atoms with E-state index in [1.54, 1.807) is 39.9 Å². The van der Waals surface area contributed by atoms with Crippen molar-refractivity contribution in [1.82, 2.24) is 9.47 Å². The highest BCUT2D eigenvalue weighted by Gasteiger charge is 2.25. The number of likely N-dealkylation sites (tertiary alicyclic amines) is 1. The van der Waals surface area contributed by atoms with Gasteiger partial charge in [0.15, 0.2) is 11.5 Å². The molecule has 3 aromatic rings. The van der Waals surface area contributed by atoms with Crippen LogP contribution in [-0.2, 0) is 11.3 Å². The number of aromatic nitrogens is 1. The number of hydrogen-bond acceptors (Lipinski definition) is 6. The third kappa shape index (κ3) is 4.45. The third-order valence-electron chi connectivity index (χ3n) is 5.70. The first-order valence-electron chi connectivity index (χ1n) is 10.5. The number of amides is 2. The number of rotatable bonds is 7. The molecular weight excluding hydrogens is 428 g/mol. The predicted octanol–water partition coefficient (Wildman–Crippen LogP) is 3.44. The Bertz CT molecular complexity index is 1230. The van der Waals surface area contributed by atoms with Gasteiger partial charge in [0.05, 0.1) is 30.4 Å². The van der Waals surface area contributed by atoms with Crippen LogP contribution in [0.4, 0.5) is 11.4 Å². The molecule has 1 aliphatic rings. The van der Waals surface area contributed by atoms with E-state index < -0.39 is 4.92 Å². The molecule has 1 saturated heterocycles. The monoisotopic (exact) mass is 452 g/mol. The smallest absolute Gasteiger partial charge is 0.270 e. The summed E-state index contributed by atoms with van der Waals surface area (Å²) in [7, 11) is 2.97. The van der Waals surface area contributed by atoms with Crippen molar-refractivity contribution in [3.8, 4) is 11.5 Å². The number of hydrogen-bond donors (Lipinski definition) is 1. The Morgan fingerprint density at radius 2 is 1.76 bits per heavy atom. The number of nitro benzene ring substituents is 1. The van der Waals surface area contributed by atoms with Crippen LogP contribution in [0.25, 0.3) is 10.9 Å². The van der Waals surface area contributed by atoms with Crippen LogP contribution in [0, 0.1) is 10.1 Å². The molecular formula is C23H24N4O6. The summed E-state index contributed by atoms with van der Waals surface area (Å²) in [6, 6.07) is 9.35. The summed E-state index contributed by atoms with van der Waals surface area (Å²) >= 11 is 0. The number of non-ortho nitro benzene ring substituents is 1. The van der Waals surface area contributed by atoms with E-state index in [9.17, 15) is 19.7 Å². The Balaban J connectivity index is 1.61. The van der Waals surface area contributed by atoms with E-state index in [-0.39, 0.29) is 24.0 Å². The zero-order valence-corrected chi connectivity index (χ0v) is 18.4. The SMILES string of the molecule is COc1cc(NC(=O)Cn2ccc3cc([N+](=O)[O-])ccc32)c(C(=O)N2CCCC2)cc1OC. The fourth-order valence-electron chi connectivity index (χ4n) is 4.03. The molecule has 2 heterocycles. The predicted molar refractivity (Wildman–Crippen MR) is 122 cm³/mol. The number of fused-ring (bicyclic) bond motifs is 1. The van der Waals surface area contributed by atoms with Gasteiger partial charge in [0.2, 0.25) is 5.91 Å². The van der Waals surface area contributed by atoms with E-state index in [0.29, 0.717) is 46.7 Å². The van der Waals surface area contributed by atoms with Crippen molar-refractivity contribution in [1.29, 1.82) is 0 Å². The molecule has 1 N–H and O–H groups in total. The zero-order chi connectivity index (χ0) is 23.5. The van der Waals surface area contributed by atoms with Crippen molar-refractivity contribution >= 4 is 34.1 Å². The minimum absolute atomic E-state index is 0.0138. The number of benzene rings is 2. The van der Waals surface area contributed by atoms with E-state index in [0.717, 1.165) is 12.8 Å². The van der Waals surface area contributed by atoms with Crippen LogP contribution < -0.4 is 14.8 Å². The molecule has 1 aromatic heterocycles. The van der Waals surface area contributed by atoms with Crippen molar-refractivity contribution < 1.29 is 24.0 Å². The van der Waals surface area contributed by atoms with Gasteiger partial charge in [-0.2, -0.15) is 0 Å². The Hall–Kier alpha value is -4.08. The quantitative estimate of drug-likeness (QED) is 0.434. The molecule has 0 aliphatic carbocycles. The molecule has 2 aromatic carbocycles. The Kier molecular flexibility index (Phi) is 6.16. The van der Waals surface area contributed by atoms with E-state index in [4.69, 9.17) is 9.47 Å². The summed E-state index contributed by atoms with van der Waals surface area (Å²) in [4.78, 5) is 38.3. The van der Waals surface area contributed by atoms with Gasteiger partial charge in [0.1, 0.15) is 6.54 Å². The molecule has 0 saturated carbocycles. The normalized spacial score (nSPS) is 13.2. The maximum atomic E-state index is 13.1. The molecule has 4 rings (SSSR count).